The molecule has 7 heteroatoms. The summed E-state index contributed by atoms with van der Waals surface area (Å²) in [4.78, 5) is 57.1. The number of anilines is 1. The lowest BCUT2D eigenvalue weighted by Gasteiger charge is -2.15. The number of esters is 1. The van der Waals surface area contributed by atoms with Gasteiger partial charge in [-0.3, -0.25) is 14.4 Å². The molecule has 4 aromatic carbocycles. The second kappa shape index (κ2) is 9.79. The number of pyridine rings is 1. The molecule has 188 valence electrons. The molecule has 0 saturated heterocycles. The number of rotatable bonds is 6. The van der Waals surface area contributed by atoms with Crippen LogP contribution in [0.3, 0.4) is 0 Å². The Morgan fingerprint density at radius 3 is 2.03 bits per heavy atom. The minimum atomic E-state index is -0.637. The fourth-order valence-corrected chi connectivity index (χ4v) is 4.61. The number of Topliss-reactive ketones (excluding diaryl/α,β-unsaturated/α-hetero) is 1. The highest BCUT2D eigenvalue weighted by Crippen LogP contribution is 2.31. The van der Waals surface area contributed by atoms with Crippen LogP contribution in [0.15, 0.2) is 109 Å². The van der Waals surface area contributed by atoms with Gasteiger partial charge >= 0.3 is 5.97 Å². The van der Waals surface area contributed by atoms with E-state index in [2.05, 4.69) is 0 Å². The zero-order valence-electron chi connectivity index (χ0n) is 20.5. The molecule has 5 aromatic rings. The minimum Gasteiger partial charge on any atom is -0.454 e. The summed E-state index contributed by atoms with van der Waals surface area (Å²) in [5.74, 6) is -1.68. The molecule has 0 unspecified atom stereocenters. The zero-order valence-corrected chi connectivity index (χ0v) is 20.5. The fraction of sp³-hybridized carbons (Fsp3) is 0.0312. The van der Waals surface area contributed by atoms with Crippen LogP contribution in [0.1, 0.15) is 41.4 Å². The van der Waals surface area contributed by atoms with Crippen molar-refractivity contribution >= 4 is 40.2 Å². The van der Waals surface area contributed by atoms with Crippen LogP contribution in [0.4, 0.5) is 5.69 Å². The summed E-state index contributed by atoms with van der Waals surface area (Å²) in [5, 5.41) is 0.598. The lowest BCUT2D eigenvalue weighted by Crippen LogP contribution is -2.29. The van der Waals surface area contributed by atoms with Crippen LogP contribution in [0.25, 0.3) is 22.2 Å². The fourth-order valence-electron chi connectivity index (χ4n) is 4.61. The molecule has 2 amide bonds. The molecule has 6 rings (SSSR count). The van der Waals surface area contributed by atoms with Gasteiger partial charge < -0.3 is 4.74 Å². The van der Waals surface area contributed by atoms with Crippen molar-refractivity contribution in [2.24, 2.45) is 0 Å². The lowest BCUT2D eigenvalue weighted by molar-refractivity contribution is 0.0476. The Balaban J connectivity index is 1.29. The van der Waals surface area contributed by atoms with Crippen molar-refractivity contribution in [1.82, 2.24) is 4.98 Å². The lowest BCUT2D eigenvalue weighted by atomic mass is 10.0. The molecule has 2 heterocycles. The number of aromatic nitrogens is 1. The van der Waals surface area contributed by atoms with E-state index < -0.39 is 5.97 Å². The second-order valence-corrected chi connectivity index (χ2v) is 8.98. The van der Waals surface area contributed by atoms with Gasteiger partial charge in [0.05, 0.1) is 33.6 Å². The molecule has 0 saturated carbocycles. The number of amides is 2. The van der Waals surface area contributed by atoms with Gasteiger partial charge in [0.2, 0.25) is 0 Å². The molecule has 0 N–H and O–H groups in total. The largest absolute Gasteiger partial charge is 0.454 e. The topological polar surface area (TPSA) is 93.6 Å². The second-order valence-electron chi connectivity index (χ2n) is 8.98. The van der Waals surface area contributed by atoms with Gasteiger partial charge in [-0.15, -0.1) is 0 Å². The van der Waals surface area contributed by atoms with Crippen molar-refractivity contribution in [3.63, 3.8) is 0 Å². The molecule has 0 atom stereocenters. The van der Waals surface area contributed by atoms with Crippen molar-refractivity contribution in [2.75, 3.05) is 11.5 Å². The molecular weight excluding hydrogens is 492 g/mol. The maximum absolute atomic E-state index is 13.1. The summed E-state index contributed by atoms with van der Waals surface area (Å²) >= 11 is 0. The number of imide groups is 1. The minimum absolute atomic E-state index is 0.279. The third kappa shape index (κ3) is 4.36. The number of carbonyl (C=O) groups is 4. The van der Waals surface area contributed by atoms with Gasteiger partial charge in [0, 0.05) is 16.5 Å². The average Bonchev–Trinajstić information content (AvgIpc) is 3.25. The molecule has 0 bridgehead atoms. The zero-order chi connectivity index (χ0) is 26.9. The van der Waals surface area contributed by atoms with E-state index in [1.807, 2.05) is 6.07 Å². The first-order valence-corrected chi connectivity index (χ1v) is 12.2. The van der Waals surface area contributed by atoms with Crippen LogP contribution in [0.2, 0.25) is 0 Å². The number of hydrogen-bond donors (Lipinski definition) is 0. The summed E-state index contributed by atoms with van der Waals surface area (Å²) < 4.78 is 5.39. The summed E-state index contributed by atoms with van der Waals surface area (Å²) in [6.07, 6.45) is 0. The van der Waals surface area contributed by atoms with E-state index in [0.717, 1.165) is 4.90 Å². The first kappa shape index (κ1) is 23.9. The quantitative estimate of drug-likeness (QED) is 0.164. The van der Waals surface area contributed by atoms with E-state index in [-0.39, 0.29) is 29.8 Å². The summed E-state index contributed by atoms with van der Waals surface area (Å²) in [6.45, 7) is -0.385. The maximum Gasteiger partial charge on any atom is 0.339 e. The Morgan fingerprint density at radius 2 is 1.33 bits per heavy atom. The van der Waals surface area contributed by atoms with Crippen molar-refractivity contribution in [2.45, 2.75) is 0 Å². The van der Waals surface area contributed by atoms with Crippen molar-refractivity contribution in [3.8, 4) is 11.3 Å². The molecule has 1 aromatic heterocycles. The average molecular weight is 513 g/mol. The Morgan fingerprint density at radius 1 is 0.718 bits per heavy atom. The number of carbonyl (C=O) groups excluding carboxylic acids is 4. The monoisotopic (exact) mass is 512 g/mol. The van der Waals surface area contributed by atoms with Crippen LogP contribution in [-0.2, 0) is 4.74 Å². The number of nitrogens with zero attached hydrogens (tertiary/aromatic N) is 2. The first-order valence-electron chi connectivity index (χ1n) is 12.2. The van der Waals surface area contributed by atoms with Gasteiger partial charge in [0.1, 0.15) is 0 Å². The summed E-state index contributed by atoms with van der Waals surface area (Å²) in [6, 6.07) is 31.0. The Kier molecular flexibility index (Phi) is 6.01. The predicted octanol–water partition coefficient (Wildman–Crippen LogP) is 5.74. The summed E-state index contributed by atoms with van der Waals surface area (Å²) in [7, 11) is 0. The van der Waals surface area contributed by atoms with E-state index in [9.17, 15) is 19.2 Å². The maximum atomic E-state index is 13.1. The van der Waals surface area contributed by atoms with Crippen LogP contribution < -0.4 is 4.90 Å². The molecule has 0 aliphatic carbocycles. The van der Waals surface area contributed by atoms with Gasteiger partial charge in [0.25, 0.3) is 11.8 Å². The highest BCUT2D eigenvalue weighted by Gasteiger charge is 2.36. The van der Waals surface area contributed by atoms with E-state index in [1.165, 1.54) is 0 Å². The molecule has 39 heavy (non-hydrogen) atoms. The Bertz CT molecular complexity index is 1740. The van der Waals surface area contributed by atoms with Gasteiger partial charge in [0.15, 0.2) is 12.4 Å². The number of ether oxygens (including phenoxy) is 1. The highest BCUT2D eigenvalue weighted by molar-refractivity contribution is 6.34. The number of fused-ring (bicyclic) bond motifs is 2. The van der Waals surface area contributed by atoms with Gasteiger partial charge in [-0.25, -0.2) is 14.7 Å². The van der Waals surface area contributed by atoms with Crippen molar-refractivity contribution < 1.29 is 23.9 Å². The van der Waals surface area contributed by atoms with E-state index in [4.69, 9.17) is 9.72 Å². The Hall–Kier alpha value is -5.43. The van der Waals surface area contributed by atoms with Crippen molar-refractivity contribution in [3.05, 3.63) is 131 Å². The van der Waals surface area contributed by atoms with Crippen LogP contribution in [0, 0.1) is 0 Å². The van der Waals surface area contributed by atoms with Gasteiger partial charge in [-0.05, 0) is 36.4 Å². The number of para-hydroxylation sites is 1. The third-order valence-corrected chi connectivity index (χ3v) is 6.58. The van der Waals surface area contributed by atoms with E-state index >= 15 is 0 Å². The van der Waals surface area contributed by atoms with E-state index in [0.29, 0.717) is 44.5 Å². The normalized spacial score (nSPS) is 12.5. The number of ketones is 1. The molecule has 7 nitrogen and oxygen atoms in total. The van der Waals surface area contributed by atoms with Crippen molar-refractivity contribution in [1.29, 1.82) is 0 Å². The molecule has 0 radical (unpaired) electrons. The van der Waals surface area contributed by atoms with Gasteiger partial charge in [-0.1, -0.05) is 72.8 Å². The smallest absolute Gasteiger partial charge is 0.339 e. The SMILES string of the molecule is O=C(COC(=O)c1cc(-c2ccc(N3C(=O)c4ccccc4C3=O)cc2)nc2ccccc12)c1ccccc1. The molecule has 0 spiro atoms. The first-order chi connectivity index (χ1) is 19.0. The highest BCUT2D eigenvalue weighted by atomic mass is 16.5. The number of benzene rings is 4. The molecule has 0 fully saturated rings. The van der Waals surface area contributed by atoms with Crippen LogP contribution in [-0.4, -0.2) is 35.2 Å². The predicted molar refractivity (Wildman–Crippen MR) is 146 cm³/mol. The summed E-state index contributed by atoms with van der Waals surface area (Å²) in [5.41, 5.74) is 3.68. The molecule has 1 aliphatic rings. The Labute approximate surface area is 223 Å². The van der Waals surface area contributed by atoms with Gasteiger partial charge in [-0.2, -0.15) is 0 Å². The standard InChI is InChI=1S/C32H20N2O5/c35-29(21-8-2-1-3-9-21)19-39-32(38)26-18-28(33-27-13-7-6-10-23(26)27)20-14-16-22(17-15-20)34-30(36)24-11-4-5-12-25(24)31(34)37/h1-18H,19H2. The van der Waals surface area contributed by atoms with E-state index in [1.54, 1.807) is 103 Å². The number of hydrogen-bond acceptors (Lipinski definition) is 6. The third-order valence-electron chi connectivity index (χ3n) is 6.58. The van der Waals surface area contributed by atoms with Crippen LogP contribution in [0.5, 0.6) is 0 Å². The molecular formula is C32H20N2O5. The molecule has 1 aliphatic heterocycles. The van der Waals surface area contributed by atoms with Crippen LogP contribution >= 0.6 is 0 Å².